The summed E-state index contributed by atoms with van der Waals surface area (Å²) in [5.74, 6) is 0.635. The van der Waals surface area contributed by atoms with Crippen LogP contribution in [0.25, 0.3) is 11.0 Å². The van der Waals surface area contributed by atoms with Gasteiger partial charge in [-0.2, -0.15) is 0 Å². The molecule has 5 nitrogen and oxygen atoms in total. The molecule has 1 heterocycles. The summed E-state index contributed by atoms with van der Waals surface area (Å²) in [5, 5.41) is 2.56. The largest absolute Gasteiger partial charge is 0.383 e. The number of methoxy groups -OCH3 is 1. The number of alkyl halides is 1. The SMILES string of the molecule is COCCNC(=O)Cn1c(C(C)Cl)nc2cccc(C)c21. The molecular weight excluding hydrogens is 290 g/mol. The fraction of sp³-hybridized carbons (Fsp3) is 0.467. The Labute approximate surface area is 129 Å². The van der Waals surface area contributed by atoms with E-state index in [1.165, 1.54) is 0 Å². The average molecular weight is 310 g/mol. The number of benzene rings is 1. The van der Waals surface area contributed by atoms with E-state index in [2.05, 4.69) is 10.3 Å². The van der Waals surface area contributed by atoms with Crippen molar-refractivity contribution in [1.82, 2.24) is 14.9 Å². The lowest BCUT2D eigenvalue weighted by atomic mass is 10.2. The molecule has 1 unspecified atom stereocenters. The Bertz CT molecular complexity index is 637. The van der Waals surface area contributed by atoms with Crippen molar-refractivity contribution in [3.8, 4) is 0 Å². The molecule has 1 N–H and O–H groups in total. The monoisotopic (exact) mass is 309 g/mol. The zero-order valence-electron chi connectivity index (χ0n) is 12.5. The van der Waals surface area contributed by atoms with Gasteiger partial charge in [0.25, 0.3) is 0 Å². The molecule has 0 spiro atoms. The number of ether oxygens (including phenoxy) is 1. The number of amides is 1. The highest BCUT2D eigenvalue weighted by molar-refractivity contribution is 6.20. The van der Waals surface area contributed by atoms with Crippen LogP contribution in [0.3, 0.4) is 0 Å². The topological polar surface area (TPSA) is 56.1 Å². The van der Waals surface area contributed by atoms with Crippen LogP contribution in [0.1, 0.15) is 23.7 Å². The number of hydrogen-bond donors (Lipinski definition) is 1. The van der Waals surface area contributed by atoms with Crippen LogP contribution in [0.15, 0.2) is 18.2 Å². The number of fused-ring (bicyclic) bond motifs is 1. The Kier molecular flexibility index (Phi) is 5.20. The van der Waals surface area contributed by atoms with Crippen molar-refractivity contribution in [3.63, 3.8) is 0 Å². The third-order valence-electron chi connectivity index (χ3n) is 3.28. The second-order valence-corrected chi connectivity index (χ2v) is 5.61. The summed E-state index contributed by atoms with van der Waals surface area (Å²) < 4.78 is 6.82. The van der Waals surface area contributed by atoms with Crippen molar-refractivity contribution >= 4 is 28.5 Å². The second kappa shape index (κ2) is 6.91. The molecule has 114 valence electrons. The van der Waals surface area contributed by atoms with Gasteiger partial charge in [0.1, 0.15) is 12.4 Å². The van der Waals surface area contributed by atoms with Crippen LogP contribution in [-0.4, -0.2) is 35.7 Å². The molecule has 1 amide bonds. The molecule has 0 saturated carbocycles. The molecule has 0 radical (unpaired) electrons. The van der Waals surface area contributed by atoms with Crippen LogP contribution in [0.5, 0.6) is 0 Å². The van der Waals surface area contributed by atoms with E-state index in [0.717, 1.165) is 16.6 Å². The summed E-state index contributed by atoms with van der Waals surface area (Å²) >= 11 is 6.21. The molecular formula is C15H20ClN3O2. The third kappa shape index (κ3) is 3.54. The van der Waals surface area contributed by atoms with Crippen molar-refractivity contribution in [2.75, 3.05) is 20.3 Å². The lowest BCUT2D eigenvalue weighted by Crippen LogP contribution is -2.31. The summed E-state index contributed by atoms with van der Waals surface area (Å²) in [7, 11) is 1.60. The fourth-order valence-electron chi connectivity index (χ4n) is 2.34. The van der Waals surface area contributed by atoms with Gasteiger partial charge in [0.15, 0.2) is 0 Å². The van der Waals surface area contributed by atoms with Gasteiger partial charge in [0, 0.05) is 13.7 Å². The molecule has 1 aromatic carbocycles. The number of nitrogens with one attached hydrogen (secondary N) is 1. The summed E-state index contributed by atoms with van der Waals surface area (Å²) in [6, 6.07) is 5.90. The van der Waals surface area contributed by atoms with Crippen LogP contribution in [0.4, 0.5) is 0 Å². The smallest absolute Gasteiger partial charge is 0.240 e. The fourth-order valence-corrected chi connectivity index (χ4v) is 2.51. The number of halogens is 1. The summed E-state index contributed by atoms with van der Waals surface area (Å²) in [5.41, 5.74) is 2.90. The lowest BCUT2D eigenvalue weighted by molar-refractivity contribution is -0.121. The molecule has 2 aromatic rings. The van der Waals surface area contributed by atoms with Gasteiger partial charge in [0.2, 0.25) is 5.91 Å². The van der Waals surface area contributed by atoms with Crippen molar-refractivity contribution in [2.45, 2.75) is 25.8 Å². The molecule has 21 heavy (non-hydrogen) atoms. The van der Waals surface area contributed by atoms with Crippen molar-refractivity contribution in [3.05, 3.63) is 29.6 Å². The molecule has 1 atom stereocenters. The number of aromatic nitrogens is 2. The van der Waals surface area contributed by atoms with Gasteiger partial charge >= 0.3 is 0 Å². The maximum absolute atomic E-state index is 12.1. The van der Waals surface area contributed by atoms with Gasteiger partial charge in [-0.1, -0.05) is 12.1 Å². The van der Waals surface area contributed by atoms with Gasteiger partial charge in [-0.3, -0.25) is 4.79 Å². The number of imidazole rings is 1. The maximum atomic E-state index is 12.1. The van der Waals surface area contributed by atoms with Crippen LogP contribution >= 0.6 is 11.6 Å². The van der Waals surface area contributed by atoms with Gasteiger partial charge in [-0.15, -0.1) is 11.6 Å². The summed E-state index contributed by atoms with van der Waals surface area (Å²) in [6.45, 7) is 5.06. The zero-order valence-corrected chi connectivity index (χ0v) is 13.3. The van der Waals surface area contributed by atoms with Gasteiger partial charge in [0.05, 0.1) is 23.0 Å². The minimum atomic E-state index is -0.261. The van der Waals surface area contributed by atoms with E-state index in [4.69, 9.17) is 16.3 Å². The van der Waals surface area contributed by atoms with E-state index in [0.29, 0.717) is 19.0 Å². The first-order valence-electron chi connectivity index (χ1n) is 6.90. The Morgan fingerprint density at radius 2 is 2.29 bits per heavy atom. The predicted molar refractivity (Wildman–Crippen MR) is 83.6 cm³/mol. The van der Waals surface area contributed by atoms with Crippen molar-refractivity contribution in [1.29, 1.82) is 0 Å². The first-order chi connectivity index (χ1) is 10.0. The van der Waals surface area contributed by atoms with Gasteiger partial charge < -0.3 is 14.6 Å². The predicted octanol–water partition coefficient (Wildman–Crippen LogP) is 2.41. The van der Waals surface area contributed by atoms with Crippen LogP contribution in [0, 0.1) is 6.92 Å². The maximum Gasteiger partial charge on any atom is 0.240 e. The number of nitrogens with zero attached hydrogens (tertiary/aromatic N) is 2. The number of carbonyl (C=O) groups excluding carboxylic acids is 1. The number of para-hydroxylation sites is 1. The Balaban J connectivity index is 2.32. The van der Waals surface area contributed by atoms with Crippen molar-refractivity contribution in [2.24, 2.45) is 0 Å². The number of aryl methyl sites for hydroxylation is 1. The molecule has 2 rings (SSSR count). The highest BCUT2D eigenvalue weighted by Crippen LogP contribution is 2.26. The molecule has 1 aromatic heterocycles. The Hall–Kier alpha value is -1.59. The summed E-state index contributed by atoms with van der Waals surface area (Å²) in [6.07, 6.45) is 0. The Morgan fingerprint density at radius 1 is 1.52 bits per heavy atom. The van der Waals surface area contributed by atoms with E-state index in [-0.39, 0.29) is 17.8 Å². The minimum Gasteiger partial charge on any atom is -0.383 e. The summed E-state index contributed by atoms with van der Waals surface area (Å²) in [4.78, 5) is 16.6. The van der Waals surface area contributed by atoms with Gasteiger partial charge in [-0.25, -0.2) is 4.98 Å². The van der Waals surface area contributed by atoms with Gasteiger partial charge in [-0.05, 0) is 25.5 Å². The van der Waals surface area contributed by atoms with Crippen molar-refractivity contribution < 1.29 is 9.53 Å². The van der Waals surface area contributed by atoms with E-state index in [1.54, 1.807) is 7.11 Å². The Morgan fingerprint density at radius 3 is 2.95 bits per heavy atom. The third-order valence-corrected chi connectivity index (χ3v) is 3.48. The van der Waals surface area contributed by atoms with Crippen LogP contribution in [-0.2, 0) is 16.1 Å². The average Bonchev–Trinajstić information content (AvgIpc) is 2.79. The lowest BCUT2D eigenvalue weighted by Gasteiger charge is -2.12. The standard InChI is InChI=1S/C15H20ClN3O2/c1-10-5-4-6-12-14(10)19(15(18-12)11(2)16)9-13(20)17-7-8-21-3/h4-6,11H,7-9H2,1-3H3,(H,17,20). The molecule has 0 saturated heterocycles. The molecule has 0 fully saturated rings. The molecule has 0 aliphatic heterocycles. The number of rotatable bonds is 6. The quantitative estimate of drug-likeness (QED) is 0.658. The normalized spacial score (nSPS) is 12.6. The minimum absolute atomic E-state index is 0.0758. The van der Waals surface area contributed by atoms with Crippen LogP contribution in [0.2, 0.25) is 0 Å². The number of hydrogen-bond acceptors (Lipinski definition) is 3. The molecule has 6 heteroatoms. The van der Waals surface area contributed by atoms with E-state index < -0.39 is 0 Å². The molecule has 0 bridgehead atoms. The van der Waals surface area contributed by atoms with E-state index >= 15 is 0 Å². The first-order valence-corrected chi connectivity index (χ1v) is 7.33. The van der Waals surface area contributed by atoms with Crippen LogP contribution < -0.4 is 5.32 Å². The second-order valence-electron chi connectivity index (χ2n) is 4.96. The van der Waals surface area contributed by atoms with E-state index in [1.807, 2.05) is 36.6 Å². The highest BCUT2D eigenvalue weighted by Gasteiger charge is 2.18. The van der Waals surface area contributed by atoms with E-state index in [9.17, 15) is 4.79 Å². The molecule has 0 aliphatic carbocycles. The molecule has 0 aliphatic rings. The first kappa shape index (κ1) is 15.8. The zero-order chi connectivity index (χ0) is 15.4. The number of carbonyl (C=O) groups is 1. The highest BCUT2D eigenvalue weighted by atomic mass is 35.5.